The Balaban J connectivity index is 2.81. The maximum Gasteiger partial charge on any atom is 0.325 e. The lowest BCUT2D eigenvalue weighted by molar-refractivity contribution is -0.152. The van der Waals surface area contributed by atoms with Crippen LogP contribution in [0.1, 0.15) is 26.3 Å². The molecular weight excluding hydrogens is 258 g/mol. The number of carbonyl (C=O) groups excluding carboxylic acids is 1. The van der Waals surface area contributed by atoms with Crippen LogP contribution in [0.15, 0.2) is 23.2 Å². The number of nitrogens with one attached hydrogen (secondary N) is 1. The van der Waals surface area contributed by atoms with E-state index in [-0.39, 0.29) is 24.1 Å². The van der Waals surface area contributed by atoms with Gasteiger partial charge in [0.25, 0.3) is 0 Å². The van der Waals surface area contributed by atoms with E-state index in [0.29, 0.717) is 11.3 Å². The fraction of sp³-hybridized carbons (Fsp3) is 0.429. The smallest absolute Gasteiger partial charge is 0.325 e. The fourth-order valence-corrected chi connectivity index (χ4v) is 1.56. The Kier molecular flexibility index (Phi) is 4.96. The average Bonchev–Trinajstić information content (AvgIpc) is 2.34. The van der Waals surface area contributed by atoms with Crippen LogP contribution in [0.2, 0.25) is 0 Å². The molecule has 0 saturated heterocycles. The van der Waals surface area contributed by atoms with Crippen molar-refractivity contribution >= 4 is 17.5 Å². The standard InChI is InChI=1S/C14H21N3O3/c1-14(2,3)20-12(19)8-17-11-6-5-9(18)7-10(11)13(15)16-4/h5-7,17-18H,8H2,1-4H3,(H2,15,16). The molecule has 0 aromatic heterocycles. The summed E-state index contributed by atoms with van der Waals surface area (Å²) in [6, 6.07) is 4.62. The molecule has 0 unspecified atom stereocenters. The van der Waals surface area contributed by atoms with Crippen molar-refractivity contribution in [3.05, 3.63) is 23.8 Å². The molecule has 0 aliphatic rings. The topological polar surface area (TPSA) is 96.9 Å². The van der Waals surface area contributed by atoms with Crippen molar-refractivity contribution in [2.24, 2.45) is 10.7 Å². The molecule has 0 amide bonds. The monoisotopic (exact) mass is 279 g/mol. The molecule has 6 nitrogen and oxygen atoms in total. The molecule has 20 heavy (non-hydrogen) atoms. The van der Waals surface area contributed by atoms with Crippen LogP contribution < -0.4 is 11.1 Å². The number of hydrogen-bond acceptors (Lipinski definition) is 5. The van der Waals surface area contributed by atoms with Gasteiger partial charge in [0.05, 0.1) is 0 Å². The third kappa shape index (κ3) is 4.79. The molecule has 0 aliphatic heterocycles. The van der Waals surface area contributed by atoms with Gasteiger partial charge in [0.2, 0.25) is 0 Å². The molecule has 0 atom stereocenters. The zero-order valence-electron chi connectivity index (χ0n) is 12.2. The zero-order chi connectivity index (χ0) is 15.3. The van der Waals surface area contributed by atoms with Gasteiger partial charge >= 0.3 is 5.97 Å². The van der Waals surface area contributed by atoms with E-state index in [2.05, 4.69) is 10.3 Å². The molecule has 0 spiro atoms. The van der Waals surface area contributed by atoms with Gasteiger partial charge in [0, 0.05) is 18.3 Å². The summed E-state index contributed by atoms with van der Waals surface area (Å²) in [5, 5.41) is 12.4. The van der Waals surface area contributed by atoms with Gasteiger partial charge in [-0.1, -0.05) is 0 Å². The maximum absolute atomic E-state index is 11.7. The molecule has 1 aromatic carbocycles. The number of amidine groups is 1. The van der Waals surface area contributed by atoms with E-state index in [4.69, 9.17) is 10.5 Å². The number of nitrogens with zero attached hydrogens (tertiary/aromatic N) is 1. The van der Waals surface area contributed by atoms with Crippen LogP contribution in [-0.2, 0) is 9.53 Å². The molecule has 0 bridgehead atoms. The second kappa shape index (κ2) is 6.27. The van der Waals surface area contributed by atoms with Crippen LogP contribution >= 0.6 is 0 Å². The zero-order valence-corrected chi connectivity index (χ0v) is 12.2. The summed E-state index contributed by atoms with van der Waals surface area (Å²) in [6.45, 7) is 5.42. The predicted molar refractivity (Wildman–Crippen MR) is 79.1 cm³/mol. The second-order valence-electron chi connectivity index (χ2n) is 5.28. The van der Waals surface area contributed by atoms with E-state index < -0.39 is 5.60 Å². The molecule has 1 rings (SSSR count). The van der Waals surface area contributed by atoms with Gasteiger partial charge in [-0.05, 0) is 39.0 Å². The highest BCUT2D eigenvalue weighted by Gasteiger charge is 2.16. The third-order valence-corrected chi connectivity index (χ3v) is 2.36. The number of benzene rings is 1. The summed E-state index contributed by atoms with van der Waals surface area (Å²) in [6.07, 6.45) is 0. The minimum atomic E-state index is -0.527. The Morgan fingerprint density at radius 1 is 1.45 bits per heavy atom. The summed E-state index contributed by atoms with van der Waals surface area (Å²) >= 11 is 0. The number of esters is 1. The van der Waals surface area contributed by atoms with Crippen molar-refractivity contribution in [2.75, 3.05) is 18.9 Å². The number of carbonyl (C=O) groups is 1. The van der Waals surface area contributed by atoms with Crippen LogP contribution in [0, 0.1) is 0 Å². The molecule has 6 heteroatoms. The number of aromatic hydroxyl groups is 1. The van der Waals surface area contributed by atoms with Crippen LogP contribution in [0.3, 0.4) is 0 Å². The summed E-state index contributed by atoms with van der Waals surface area (Å²) in [7, 11) is 1.55. The molecule has 0 heterocycles. The number of nitrogens with two attached hydrogens (primary N) is 1. The number of rotatable bonds is 4. The molecule has 110 valence electrons. The molecule has 0 radical (unpaired) electrons. The largest absolute Gasteiger partial charge is 0.508 e. The van der Waals surface area contributed by atoms with Crippen LogP contribution in [0.4, 0.5) is 5.69 Å². The van der Waals surface area contributed by atoms with Gasteiger partial charge in [0.15, 0.2) is 0 Å². The van der Waals surface area contributed by atoms with Gasteiger partial charge in [0.1, 0.15) is 23.7 Å². The SMILES string of the molecule is CN=C(N)c1cc(O)ccc1NCC(=O)OC(C)(C)C. The maximum atomic E-state index is 11.7. The Labute approximate surface area is 118 Å². The summed E-state index contributed by atoms with van der Waals surface area (Å²) in [4.78, 5) is 15.5. The van der Waals surface area contributed by atoms with Gasteiger partial charge in [-0.25, -0.2) is 0 Å². The van der Waals surface area contributed by atoms with E-state index in [1.807, 2.05) is 0 Å². The van der Waals surface area contributed by atoms with E-state index in [0.717, 1.165) is 0 Å². The van der Waals surface area contributed by atoms with Crippen LogP contribution in [-0.4, -0.2) is 36.1 Å². The van der Waals surface area contributed by atoms with Crippen molar-refractivity contribution in [1.82, 2.24) is 0 Å². The lowest BCUT2D eigenvalue weighted by Crippen LogP contribution is -2.28. The van der Waals surface area contributed by atoms with E-state index in [1.165, 1.54) is 12.1 Å². The minimum absolute atomic E-state index is 0.00599. The first-order valence-electron chi connectivity index (χ1n) is 6.24. The number of phenols is 1. The molecule has 1 aromatic rings. The van der Waals surface area contributed by atoms with Crippen molar-refractivity contribution in [3.63, 3.8) is 0 Å². The second-order valence-corrected chi connectivity index (χ2v) is 5.28. The summed E-state index contributed by atoms with van der Waals surface area (Å²) < 4.78 is 5.20. The molecular formula is C14H21N3O3. The Bertz CT molecular complexity index is 519. The van der Waals surface area contributed by atoms with Crippen molar-refractivity contribution < 1.29 is 14.6 Å². The molecule has 0 fully saturated rings. The Hall–Kier alpha value is -2.24. The number of phenolic OH excluding ortho intramolecular Hbond substituents is 1. The molecule has 0 saturated carbocycles. The van der Waals surface area contributed by atoms with Gasteiger partial charge < -0.3 is 20.9 Å². The number of aliphatic imine (C=N–C) groups is 1. The first kappa shape index (κ1) is 15.8. The van der Waals surface area contributed by atoms with Gasteiger partial charge in [-0.2, -0.15) is 0 Å². The first-order chi connectivity index (χ1) is 9.23. The quantitative estimate of drug-likeness (QED) is 0.336. The van der Waals surface area contributed by atoms with E-state index in [9.17, 15) is 9.90 Å². The lowest BCUT2D eigenvalue weighted by atomic mass is 10.1. The number of anilines is 1. The highest BCUT2D eigenvalue weighted by Crippen LogP contribution is 2.21. The van der Waals surface area contributed by atoms with Crippen molar-refractivity contribution in [2.45, 2.75) is 26.4 Å². The first-order valence-corrected chi connectivity index (χ1v) is 6.24. The predicted octanol–water partition coefficient (Wildman–Crippen LogP) is 1.48. The van der Waals surface area contributed by atoms with Crippen LogP contribution in [0.5, 0.6) is 5.75 Å². The van der Waals surface area contributed by atoms with Crippen LogP contribution in [0.25, 0.3) is 0 Å². The molecule has 4 N–H and O–H groups in total. The minimum Gasteiger partial charge on any atom is -0.508 e. The van der Waals surface area contributed by atoms with E-state index >= 15 is 0 Å². The van der Waals surface area contributed by atoms with Crippen molar-refractivity contribution in [3.8, 4) is 5.75 Å². The number of ether oxygens (including phenoxy) is 1. The third-order valence-electron chi connectivity index (χ3n) is 2.36. The lowest BCUT2D eigenvalue weighted by Gasteiger charge is -2.20. The Morgan fingerprint density at radius 2 is 2.10 bits per heavy atom. The highest BCUT2D eigenvalue weighted by molar-refractivity contribution is 6.03. The molecule has 0 aliphatic carbocycles. The van der Waals surface area contributed by atoms with Crippen molar-refractivity contribution in [1.29, 1.82) is 0 Å². The summed E-state index contributed by atoms with van der Waals surface area (Å²) in [5.41, 5.74) is 6.37. The van der Waals surface area contributed by atoms with Gasteiger partial charge in [-0.15, -0.1) is 0 Å². The Morgan fingerprint density at radius 3 is 2.65 bits per heavy atom. The normalized spacial score (nSPS) is 12.1. The van der Waals surface area contributed by atoms with E-state index in [1.54, 1.807) is 33.9 Å². The highest BCUT2D eigenvalue weighted by atomic mass is 16.6. The number of hydrogen-bond donors (Lipinski definition) is 3. The fourth-order valence-electron chi connectivity index (χ4n) is 1.56. The van der Waals surface area contributed by atoms with Gasteiger partial charge in [-0.3, -0.25) is 9.79 Å². The summed E-state index contributed by atoms with van der Waals surface area (Å²) in [5.74, 6) is -0.0226. The average molecular weight is 279 g/mol.